The number of rotatable bonds is 5. The van der Waals surface area contributed by atoms with Crippen molar-refractivity contribution in [2.24, 2.45) is 5.92 Å². The first-order chi connectivity index (χ1) is 13.5. The number of piperidine rings is 1. The summed E-state index contributed by atoms with van der Waals surface area (Å²) in [5.74, 6) is -0.619. The van der Waals surface area contributed by atoms with E-state index in [0.717, 1.165) is 19.4 Å². The van der Waals surface area contributed by atoms with E-state index in [0.29, 0.717) is 12.0 Å². The van der Waals surface area contributed by atoms with Crippen molar-refractivity contribution in [3.8, 4) is 0 Å². The van der Waals surface area contributed by atoms with Crippen LogP contribution in [-0.2, 0) is 14.3 Å². The molecule has 152 valence electrons. The summed E-state index contributed by atoms with van der Waals surface area (Å²) in [6, 6.07) is 4.86. The molecular formula is C21H28N2O5. The Morgan fingerprint density at radius 1 is 1.04 bits per heavy atom. The van der Waals surface area contributed by atoms with E-state index < -0.39 is 11.9 Å². The zero-order chi connectivity index (χ0) is 20.1. The monoisotopic (exact) mass is 388 g/mol. The number of fused-ring (bicyclic) bond motifs is 1. The number of carbonyl (C=O) groups excluding carboxylic acids is 3. The lowest BCUT2D eigenvalue weighted by Crippen LogP contribution is -2.49. The van der Waals surface area contributed by atoms with E-state index in [4.69, 9.17) is 9.47 Å². The topological polar surface area (TPSA) is 84.9 Å². The lowest BCUT2D eigenvalue weighted by Gasteiger charge is -2.43. The van der Waals surface area contributed by atoms with Crippen LogP contribution in [-0.4, -0.2) is 56.1 Å². The van der Waals surface area contributed by atoms with Crippen LogP contribution in [0.1, 0.15) is 59.2 Å². The zero-order valence-corrected chi connectivity index (χ0v) is 16.5. The van der Waals surface area contributed by atoms with Gasteiger partial charge in [-0.1, -0.05) is 12.8 Å². The van der Waals surface area contributed by atoms with Gasteiger partial charge in [0.25, 0.3) is 0 Å². The van der Waals surface area contributed by atoms with Crippen molar-refractivity contribution in [3.05, 3.63) is 29.3 Å². The Labute approximate surface area is 165 Å². The molecule has 3 rings (SSSR count). The summed E-state index contributed by atoms with van der Waals surface area (Å²) in [6.45, 7) is 1.20. The van der Waals surface area contributed by atoms with Crippen molar-refractivity contribution in [3.63, 3.8) is 0 Å². The summed E-state index contributed by atoms with van der Waals surface area (Å²) in [5, 5.41) is 2.80. The maximum absolute atomic E-state index is 12.7. The Kier molecular flexibility index (Phi) is 6.67. The van der Waals surface area contributed by atoms with Crippen molar-refractivity contribution in [1.29, 1.82) is 0 Å². The Morgan fingerprint density at radius 3 is 2.50 bits per heavy atom. The number of nitrogens with zero attached hydrogens (tertiary/aromatic N) is 1. The minimum atomic E-state index is -0.572. The molecule has 0 unspecified atom stereocenters. The predicted octanol–water partition coefficient (Wildman–Crippen LogP) is 2.85. The Hall–Kier alpha value is -2.41. The molecule has 1 aromatic rings. The van der Waals surface area contributed by atoms with Gasteiger partial charge in [0.05, 0.1) is 37.6 Å². The molecule has 1 aliphatic carbocycles. The van der Waals surface area contributed by atoms with Gasteiger partial charge in [0.2, 0.25) is 5.91 Å². The summed E-state index contributed by atoms with van der Waals surface area (Å²) in [7, 11) is 2.56. The van der Waals surface area contributed by atoms with Gasteiger partial charge in [-0.3, -0.25) is 9.69 Å². The molecule has 1 aliphatic heterocycles. The molecule has 1 N–H and O–H groups in total. The number of nitrogens with one attached hydrogen (secondary N) is 1. The third-order valence-corrected chi connectivity index (χ3v) is 5.82. The number of ether oxygens (including phenoxy) is 2. The molecule has 2 aliphatic rings. The maximum Gasteiger partial charge on any atom is 0.339 e. The third-order valence-electron chi connectivity index (χ3n) is 5.82. The molecule has 0 aromatic heterocycles. The molecule has 2 fully saturated rings. The molecule has 1 saturated carbocycles. The van der Waals surface area contributed by atoms with Crippen molar-refractivity contribution >= 4 is 23.5 Å². The number of anilines is 1. The predicted molar refractivity (Wildman–Crippen MR) is 104 cm³/mol. The Balaban J connectivity index is 1.74. The molecule has 2 atom stereocenters. The molecule has 1 heterocycles. The molecule has 28 heavy (non-hydrogen) atoms. The quantitative estimate of drug-likeness (QED) is 0.781. The molecule has 7 nitrogen and oxygen atoms in total. The average molecular weight is 388 g/mol. The molecule has 1 amide bonds. The Morgan fingerprint density at radius 2 is 1.75 bits per heavy atom. The van der Waals surface area contributed by atoms with E-state index in [-0.39, 0.29) is 29.3 Å². The standard InChI is InChI=1S/C21H28N2O5/c1-27-20(25)15-9-10-16(21(26)28-2)17(12-15)22-19(24)13-23-11-5-7-14-6-3-4-8-18(14)23/h9-10,12,14,18H,3-8,11,13H2,1-2H3,(H,22,24)/t14-,18-/m0/s1. The van der Waals surface area contributed by atoms with Crippen LogP contribution in [0.15, 0.2) is 18.2 Å². The van der Waals surface area contributed by atoms with Gasteiger partial charge in [0.15, 0.2) is 0 Å². The van der Waals surface area contributed by atoms with Crippen LogP contribution >= 0.6 is 0 Å². The highest BCUT2D eigenvalue weighted by atomic mass is 16.5. The SMILES string of the molecule is COC(=O)c1ccc(C(=O)OC)c(NC(=O)CN2CCC[C@@H]3CCCC[C@@H]32)c1. The summed E-state index contributed by atoms with van der Waals surface area (Å²) in [6.07, 6.45) is 7.24. The van der Waals surface area contributed by atoms with Crippen molar-refractivity contribution in [1.82, 2.24) is 4.90 Å². The normalized spacial score (nSPS) is 22.1. The van der Waals surface area contributed by atoms with E-state index in [1.807, 2.05) is 0 Å². The molecule has 1 aromatic carbocycles. The van der Waals surface area contributed by atoms with Crippen LogP contribution < -0.4 is 5.32 Å². The third kappa shape index (κ3) is 4.52. The van der Waals surface area contributed by atoms with Crippen LogP contribution in [0.5, 0.6) is 0 Å². The van der Waals surface area contributed by atoms with Gasteiger partial charge < -0.3 is 14.8 Å². The largest absolute Gasteiger partial charge is 0.465 e. The summed E-state index contributed by atoms with van der Waals surface area (Å²) < 4.78 is 9.52. The van der Waals surface area contributed by atoms with Gasteiger partial charge in [-0.2, -0.15) is 0 Å². The average Bonchev–Trinajstić information content (AvgIpc) is 2.72. The minimum absolute atomic E-state index is 0.196. The highest BCUT2D eigenvalue weighted by molar-refractivity contribution is 6.03. The molecule has 1 saturated heterocycles. The van der Waals surface area contributed by atoms with Crippen LogP contribution in [0.2, 0.25) is 0 Å². The zero-order valence-electron chi connectivity index (χ0n) is 16.5. The first-order valence-electron chi connectivity index (χ1n) is 9.88. The van der Waals surface area contributed by atoms with Crippen LogP contribution in [0.25, 0.3) is 0 Å². The highest BCUT2D eigenvalue weighted by Gasteiger charge is 2.34. The number of hydrogen-bond donors (Lipinski definition) is 1. The number of amides is 1. The first-order valence-corrected chi connectivity index (χ1v) is 9.88. The summed E-state index contributed by atoms with van der Waals surface area (Å²) in [4.78, 5) is 38.9. The lowest BCUT2D eigenvalue weighted by molar-refractivity contribution is -0.118. The number of benzene rings is 1. The van der Waals surface area contributed by atoms with Crippen LogP contribution in [0.4, 0.5) is 5.69 Å². The fraction of sp³-hybridized carbons (Fsp3) is 0.571. The fourth-order valence-corrected chi connectivity index (χ4v) is 4.48. The summed E-state index contributed by atoms with van der Waals surface area (Å²) >= 11 is 0. The molecule has 0 spiro atoms. The fourth-order valence-electron chi connectivity index (χ4n) is 4.48. The maximum atomic E-state index is 12.7. The van der Waals surface area contributed by atoms with Gasteiger partial charge in [-0.15, -0.1) is 0 Å². The second-order valence-corrected chi connectivity index (χ2v) is 7.52. The second kappa shape index (κ2) is 9.19. The molecule has 0 radical (unpaired) electrons. The van der Waals surface area contributed by atoms with Gasteiger partial charge in [0.1, 0.15) is 0 Å². The van der Waals surface area contributed by atoms with Gasteiger partial charge >= 0.3 is 11.9 Å². The number of carbonyl (C=O) groups is 3. The molecule has 7 heteroatoms. The molecule has 0 bridgehead atoms. The van der Waals surface area contributed by atoms with E-state index >= 15 is 0 Å². The number of methoxy groups -OCH3 is 2. The minimum Gasteiger partial charge on any atom is -0.465 e. The van der Waals surface area contributed by atoms with E-state index in [9.17, 15) is 14.4 Å². The van der Waals surface area contributed by atoms with Gasteiger partial charge in [-0.05, 0) is 56.3 Å². The van der Waals surface area contributed by atoms with Crippen molar-refractivity contribution in [2.45, 2.75) is 44.6 Å². The van der Waals surface area contributed by atoms with Crippen LogP contribution in [0, 0.1) is 5.92 Å². The highest BCUT2D eigenvalue weighted by Crippen LogP contribution is 2.35. The second-order valence-electron chi connectivity index (χ2n) is 7.52. The molecular weight excluding hydrogens is 360 g/mol. The van der Waals surface area contributed by atoms with Crippen molar-refractivity contribution in [2.75, 3.05) is 32.6 Å². The smallest absolute Gasteiger partial charge is 0.339 e. The number of esters is 2. The first kappa shape index (κ1) is 20.3. The van der Waals surface area contributed by atoms with E-state index in [1.165, 1.54) is 58.1 Å². The van der Waals surface area contributed by atoms with Gasteiger partial charge in [-0.25, -0.2) is 9.59 Å². The van der Waals surface area contributed by atoms with E-state index in [1.54, 1.807) is 0 Å². The number of hydrogen-bond acceptors (Lipinski definition) is 6. The van der Waals surface area contributed by atoms with Crippen LogP contribution in [0.3, 0.4) is 0 Å². The lowest BCUT2D eigenvalue weighted by atomic mass is 9.78. The van der Waals surface area contributed by atoms with Crippen molar-refractivity contribution < 1.29 is 23.9 Å². The van der Waals surface area contributed by atoms with Gasteiger partial charge in [0, 0.05) is 6.04 Å². The summed E-state index contributed by atoms with van der Waals surface area (Å²) in [5.41, 5.74) is 0.727. The van der Waals surface area contributed by atoms with E-state index in [2.05, 4.69) is 10.2 Å². The number of likely N-dealkylation sites (tertiary alicyclic amines) is 1. The Bertz CT molecular complexity index is 746.